The van der Waals surface area contributed by atoms with E-state index >= 15 is 0 Å². The Kier molecular flexibility index (Phi) is 8.41. The number of likely N-dealkylation sites (tertiary alicyclic amines) is 1. The molecule has 1 unspecified atom stereocenters. The van der Waals surface area contributed by atoms with E-state index < -0.39 is 6.10 Å². The Morgan fingerprint density at radius 2 is 2.13 bits per heavy atom. The average molecular weight is 426 g/mol. The molecule has 0 radical (unpaired) electrons. The average Bonchev–Trinajstić information content (AvgIpc) is 3.37. The summed E-state index contributed by atoms with van der Waals surface area (Å²) in [6.07, 6.45) is 9.47. The highest BCUT2D eigenvalue weighted by Crippen LogP contribution is 2.23. The maximum atomic E-state index is 12.2. The number of hydrogen-bond acceptors (Lipinski definition) is 5. The molecular weight excluding hydrogens is 394 g/mol. The molecule has 0 bridgehead atoms. The highest BCUT2D eigenvalue weighted by atomic mass is 16.5. The molecule has 1 N–H and O–H groups in total. The van der Waals surface area contributed by atoms with Gasteiger partial charge in [0.05, 0.1) is 25.4 Å². The number of unbranched alkanes of at least 4 members (excludes halogenated alkanes) is 1. The molecule has 0 spiro atoms. The Morgan fingerprint density at radius 3 is 2.90 bits per heavy atom. The van der Waals surface area contributed by atoms with Gasteiger partial charge in [-0.2, -0.15) is 5.10 Å². The number of nitrogens with zero attached hydrogens (tertiary/aromatic N) is 3. The van der Waals surface area contributed by atoms with Gasteiger partial charge in [-0.05, 0) is 31.7 Å². The van der Waals surface area contributed by atoms with Crippen LogP contribution in [-0.4, -0.2) is 50.9 Å². The molecule has 1 aliphatic heterocycles. The van der Waals surface area contributed by atoms with Gasteiger partial charge < -0.3 is 14.7 Å². The van der Waals surface area contributed by atoms with Crippen molar-refractivity contribution in [3.8, 4) is 0 Å². The number of aliphatic hydroxyl groups is 1. The number of aliphatic hydroxyl groups excluding tert-OH is 1. The molecule has 1 amide bonds. The first-order valence-electron chi connectivity index (χ1n) is 10.9. The third-order valence-electron chi connectivity index (χ3n) is 5.41. The van der Waals surface area contributed by atoms with Crippen LogP contribution < -0.4 is 0 Å². The molecule has 2 atom stereocenters. The fraction of sp³-hybridized carbons (Fsp3) is 0.458. The van der Waals surface area contributed by atoms with Crippen molar-refractivity contribution < 1.29 is 19.4 Å². The van der Waals surface area contributed by atoms with Gasteiger partial charge in [-0.15, -0.1) is 0 Å². The minimum Gasteiger partial charge on any atom is -0.466 e. The minimum atomic E-state index is -0.772. The Labute approximate surface area is 183 Å². The summed E-state index contributed by atoms with van der Waals surface area (Å²) < 4.78 is 6.74. The van der Waals surface area contributed by atoms with Crippen molar-refractivity contribution in [1.82, 2.24) is 14.7 Å². The van der Waals surface area contributed by atoms with E-state index in [0.29, 0.717) is 39.0 Å². The summed E-state index contributed by atoms with van der Waals surface area (Å²) in [5, 5.41) is 14.9. The van der Waals surface area contributed by atoms with Crippen molar-refractivity contribution in [1.29, 1.82) is 0 Å². The van der Waals surface area contributed by atoms with Gasteiger partial charge in [0, 0.05) is 31.1 Å². The summed E-state index contributed by atoms with van der Waals surface area (Å²) in [5.74, 6) is -0.0708. The molecule has 2 aromatic rings. The molecule has 7 heteroatoms. The van der Waals surface area contributed by atoms with Gasteiger partial charge in [0.1, 0.15) is 6.10 Å². The first kappa shape index (κ1) is 22.7. The number of esters is 1. The van der Waals surface area contributed by atoms with Crippen LogP contribution in [0.3, 0.4) is 0 Å². The van der Waals surface area contributed by atoms with Gasteiger partial charge >= 0.3 is 5.97 Å². The van der Waals surface area contributed by atoms with Crippen LogP contribution in [0.1, 0.15) is 56.3 Å². The Hall–Kier alpha value is -2.93. The van der Waals surface area contributed by atoms with Crippen LogP contribution >= 0.6 is 0 Å². The lowest BCUT2D eigenvalue weighted by Gasteiger charge is -2.22. The fourth-order valence-corrected chi connectivity index (χ4v) is 3.76. The van der Waals surface area contributed by atoms with Gasteiger partial charge in [0.25, 0.3) is 0 Å². The van der Waals surface area contributed by atoms with E-state index in [9.17, 15) is 14.7 Å². The van der Waals surface area contributed by atoms with E-state index in [2.05, 4.69) is 5.10 Å². The predicted molar refractivity (Wildman–Crippen MR) is 117 cm³/mol. The number of benzene rings is 1. The van der Waals surface area contributed by atoms with Crippen LogP contribution in [0.5, 0.6) is 0 Å². The first-order valence-corrected chi connectivity index (χ1v) is 10.9. The SMILES string of the molecule is CCOC(=O)CCCCN1C(=O)CC[C@@H]1C=CC(O)c1cnn(Cc2ccccc2)c1. The van der Waals surface area contributed by atoms with E-state index in [-0.39, 0.29) is 17.9 Å². The molecular formula is C24H31N3O4. The molecule has 2 heterocycles. The molecule has 1 fully saturated rings. The summed E-state index contributed by atoms with van der Waals surface area (Å²) in [7, 11) is 0. The van der Waals surface area contributed by atoms with Gasteiger partial charge in [0.2, 0.25) is 5.91 Å². The van der Waals surface area contributed by atoms with Crippen LogP contribution in [0.15, 0.2) is 54.9 Å². The maximum Gasteiger partial charge on any atom is 0.305 e. The molecule has 31 heavy (non-hydrogen) atoms. The van der Waals surface area contributed by atoms with Crippen LogP contribution in [0.25, 0.3) is 0 Å². The van der Waals surface area contributed by atoms with Crippen LogP contribution in [0.4, 0.5) is 0 Å². The van der Waals surface area contributed by atoms with E-state index in [0.717, 1.165) is 24.0 Å². The number of carbonyl (C=O) groups excluding carboxylic acids is 2. The quantitative estimate of drug-likeness (QED) is 0.339. The predicted octanol–water partition coefficient (Wildman–Crippen LogP) is 3.25. The monoisotopic (exact) mass is 425 g/mol. The summed E-state index contributed by atoms with van der Waals surface area (Å²) in [6, 6.07) is 10.0. The van der Waals surface area contributed by atoms with Crippen molar-refractivity contribution in [2.24, 2.45) is 0 Å². The van der Waals surface area contributed by atoms with Crippen molar-refractivity contribution in [3.63, 3.8) is 0 Å². The molecule has 0 aliphatic carbocycles. The number of aromatic nitrogens is 2. The largest absolute Gasteiger partial charge is 0.466 e. The van der Waals surface area contributed by atoms with Crippen molar-refractivity contribution in [3.05, 3.63) is 66.0 Å². The molecule has 1 aromatic heterocycles. The summed E-state index contributed by atoms with van der Waals surface area (Å²) in [4.78, 5) is 25.5. The van der Waals surface area contributed by atoms with Gasteiger partial charge in [-0.1, -0.05) is 42.5 Å². The van der Waals surface area contributed by atoms with Crippen LogP contribution in [0.2, 0.25) is 0 Å². The number of hydrogen-bond donors (Lipinski definition) is 1. The third kappa shape index (κ3) is 6.79. The highest BCUT2D eigenvalue weighted by Gasteiger charge is 2.28. The normalized spacial score (nSPS) is 17.4. The lowest BCUT2D eigenvalue weighted by Crippen LogP contribution is -2.32. The lowest BCUT2D eigenvalue weighted by atomic mass is 10.1. The van der Waals surface area contributed by atoms with E-state index in [1.807, 2.05) is 47.5 Å². The van der Waals surface area contributed by atoms with Gasteiger partial charge in [-0.25, -0.2) is 0 Å². The summed E-state index contributed by atoms with van der Waals surface area (Å²) in [6.45, 7) is 3.44. The highest BCUT2D eigenvalue weighted by molar-refractivity contribution is 5.79. The number of amides is 1. The molecule has 0 saturated carbocycles. The summed E-state index contributed by atoms with van der Waals surface area (Å²) in [5.41, 5.74) is 1.86. The van der Waals surface area contributed by atoms with Gasteiger partial charge in [0.15, 0.2) is 0 Å². The lowest BCUT2D eigenvalue weighted by molar-refractivity contribution is -0.143. The smallest absolute Gasteiger partial charge is 0.305 e. The Bertz CT molecular complexity index is 878. The third-order valence-corrected chi connectivity index (χ3v) is 5.41. The molecule has 3 rings (SSSR count). The second-order valence-corrected chi connectivity index (χ2v) is 7.74. The number of rotatable bonds is 11. The zero-order valence-corrected chi connectivity index (χ0v) is 18.0. The van der Waals surface area contributed by atoms with Gasteiger partial charge in [-0.3, -0.25) is 14.3 Å². The molecule has 1 aromatic carbocycles. The number of ether oxygens (including phenoxy) is 1. The van der Waals surface area contributed by atoms with Crippen LogP contribution in [-0.2, 0) is 20.9 Å². The van der Waals surface area contributed by atoms with Crippen molar-refractivity contribution in [2.45, 2.75) is 57.7 Å². The Balaban J connectivity index is 1.50. The van der Waals surface area contributed by atoms with E-state index in [4.69, 9.17) is 4.74 Å². The minimum absolute atomic E-state index is 0.0240. The first-order chi connectivity index (χ1) is 15.1. The second-order valence-electron chi connectivity index (χ2n) is 7.74. The van der Waals surface area contributed by atoms with Crippen molar-refractivity contribution >= 4 is 11.9 Å². The zero-order chi connectivity index (χ0) is 22.1. The molecule has 1 saturated heterocycles. The van der Waals surface area contributed by atoms with E-state index in [1.54, 1.807) is 23.9 Å². The maximum absolute atomic E-state index is 12.2. The number of carbonyl (C=O) groups is 2. The van der Waals surface area contributed by atoms with E-state index in [1.165, 1.54) is 0 Å². The Morgan fingerprint density at radius 1 is 1.32 bits per heavy atom. The topological polar surface area (TPSA) is 84.7 Å². The zero-order valence-electron chi connectivity index (χ0n) is 18.0. The fourth-order valence-electron chi connectivity index (χ4n) is 3.76. The standard InChI is InChI=1S/C24H31N3O4/c1-2-31-24(30)10-6-7-15-27-21(12-14-23(27)29)11-13-22(28)20-16-25-26(18-20)17-19-8-4-3-5-9-19/h3-5,8-9,11,13,16,18,21-22,28H,2,6-7,10,12,14-15,17H2,1H3/t21-,22?/m0/s1. The summed E-state index contributed by atoms with van der Waals surface area (Å²) >= 11 is 0. The van der Waals surface area contributed by atoms with Crippen LogP contribution in [0, 0.1) is 0 Å². The molecule has 166 valence electrons. The second kappa shape index (κ2) is 11.5. The van der Waals surface area contributed by atoms with Crippen molar-refractivity contribution in [2.75, 3.05) is 13.2 Å². The molecule has 1 aliphatic rings. The molecule has 7 nitrogen and oxygen atoms in total.